The number of unbranched alkanes of at least 4 members (excludes halogenated alkanes) is 7. The van der Waals surface area contributed by atoms with Crippen LogP contribution >= 0.6 is 11.6 Å². The topological polar surface area (TPSA) is 26.0 Å². The lowest BCUT2D eigenvalue weighted by Gasteiger charge is -2.13. The van der Waals surface area contributed by atoms with Gasteiger partial charge in [0.05, 0.1) is 0 Å². The zero-order valence-electron chi connectivity index (χ0n) is 13.1. The first-order valence-corrected chi connectivity index (χ1v) is 8.54. The SMILES string of the molecule is CCCCCCCCCCC(N)c1ccc(Cl)c(C)c1. The third-order valence-corrected chi connectivity index (χ3v) is 4.40. The smallest absolute Gasteiger partial charge is 0.0435 e. The van der Waals surface area contributed by atoms with E-state index >= 15 is 0 Å². The molecule has 1 rings (SSSR count). The van der Waals surface area contributed by atoms with E-state index in [1.165, 1.54) is 56.9 Å². The molecular formula is C18H30ClN. The Morgan fingerprint density at radius 1 is 1.00 bits per heavy atom. The van der Waals surface area contributed by atoms with Gasteiger partial charge in [0.25, 0.3) is 0 Å². The molecule has 1 unspecified atom stereocenters. The molecule has 1 atom stereocenters. The Morgan fingerprint density at radius 2 is 1.60 bits per heavy atom. The van der Waals surface area contributed by atoms with Crippen LogP contribution < -0.4 is 5.73 Å². The van der Waals surface area contributed by atoms with Gasteiger partial charge in [-0.2, -0.15) is 0 Å². The number of hydrogen-bond donors (Lipinski definition) is 1. The van der Waals surface area contributed by atoms with Gasteiger partial charge in [0.1, 0.15) is 0 Å². The largest absolute Gasteiger partial charge is 0.324 e. The summed E-state index contributed by atoms with van der Waals surface area (Å²) in [6.07, 6.45) is 11.9. The van der Waals surface area contributed by atoms with Gasteiger partial charge in [-0.3, -0.25) is 0 Å². The lowest BCUT2D eigenvalue weighted by molar-refractivity contribution is 0.536. The fraction of sp³-hybridized carbons (Fsp3) is 0.667. The monoisotopic (exact) mass is 295 g/mol. The fourth-order valence-corrected chi connectivity index (χ4v) is 2.68. The molecule has 0 aliphatic rings. The summed E-state index contributed by atoms with van der Waals surface area (Å²) in [4.78, 5) is 0. The van der Waals surface area contributed by atoms with E-state index in [0.717, 1.165) is 17.0 Å². The normalized spacial score (nSPS) is 12.6. The van der Waals surface area contributed by atoms with Gasteiger partial charge in [-0.25, -0.2) is 0 Å². The van der Waals surface area contributed by atoms with Crippen LogP contribution in [0.25, 0.3) is 0 Å². The number of halogens is 1. The molecule has 0 aromatic heterocycles. The lowest BCUT2D eigenvalue weighted by Crippen LogP contribution is -2.10. The van der Waals surface area contributed by atoms with Crippen LogP contribution in [0.3, 0.4) is 0 Å². The van der Waals surface area contributed by atoms with Crippen molar-refractivity contribution >= 4 is 11.6 Å². The summed E-state index contributed by atoms with van der Waals surface area (Å²) in [7, 11) is 0. The third-order valence-electron chi connectivity index (χ3n) is 3.98. The first-order valence-electron chi connectivity index (χ1n) is 8.16. The molecular weight excluding hydrogens is 266 g/mol. The van der Waals surface area contributed by atoms with Gasteiger partial charge in [-0.15, -0.1) is 0 Å². The Hall–Kier alpha value is -0.530. The van der Waals surface area contributed by atoms with E-state index in [2.05, 4.69) is 19.1 Å². The standard InChI is InChI=1S/C18H30ClN/c1-3-4-5-6-7-8-9-10-11-18(20)16-12-13-17(19)15(2)14-16/h12-14,18H,3-11,20H2,1-2H3. The molecule has 0 fully saturated rings. The molecule has 0 spiro atoms. The van der Waals surface area contributed by atoms with Crippen LogP contribution in [0.4, 0.5) is 0 Å². The highest BCUT2D eigenvalue weighted by Crippen LogP contribution is 2.23. The molecule has 1 aromatic rings. The average Bonchev–Trinajstić information content (AvgIpc) is 2.44. The van der Waals surface area contributed by atoms with E-state index < -0.39 is 0 Å². The Labute approximate surface area is 129 Å². The van der Waals surface area contributed by atoms with Crippen LogP contribution in [0.1, 0.15) is 81.9 Å². The quantitative estimate of drug-likeness (QED) is 0.512. The van der Waals surface area contributed by atoms with Crippen molar-refractivity contribution in [1.29, 1.82) is 0 Å². The van der Waals surface area contributed by atoms with E-state index in [0.29, 0.717) is 0 Å². The molecule has 0 saturated carbocycles. The molecule has 0 aliphatic carbocycles. The summed E-state index contributed by atoms with van der Waals surface area (Å²) >= 11 is 6.04. The summed E-state index contributed by atoms with van der Waals surface area (Å²) in [6, 6.07) is 6.30. The Bertz CT molecular complexity index is 376. The van der Waals surface area contributed by atoms with Crippen LogP contribution in [0, 0.1) is 6.92 Å². The van der Waals surface area contributed by atoms with Crippen molar-refractivity contribution in [2.75, 3.05) is 0 Å². The molecule has 0 radical (unpaired) electrons. The van der Waals surface area contributed by atoms with E-state index in [4.69, 9.17) is 17.3 Å². The summed E-state index contributed by atoms with van der Waals surface area (Å²) in [6.45, 7) is 4.30. The highest BCUT2D eigenvalue weighted by atomic mass is 35.5. The van der Waals surface area contributed by atoms with E-state index in [1.54, 1.807) is 0 Å². The highest BCUT2D eigenvalue weighted by molar-refractivity contribution is 6.31. The van der Waals surface area contributed by atoms with E-state index in [-0.39, 0.29) is 6.04 Å². The third kappa shape index (κ3) is 6.76. The minimum absolute atomic E-state index is 0.158. The molecule has 1 aromatic carbocycles. The first-order chi connectivity index (χ1) is 9.65. The second-order valence-electron chi connectivity index (χ2n) is 5.88. The summed E-state index contributed by atoms with van der Waals surface area (Å²) < 4.78 is 0. The maximum atomic E-state index is 6.25. The number of rotatable bonds is 10. The Morgan fingerprint density at radius 3 is 2.20 bits per heavy atom. The highest BCUT2D eigenvalue weighted by Gasteiger charge is 2.07. The minimum Gasteiger partial charge on any atom is -0.324 e. The van der Waals surface area contributed by atoms with Crippen LogP contribution in [-0.4, -0.2) is 0 Å². The zero-order valence-corrected chi connectivity index (χ0v) is 13.9. The molecule has 0 amide bonds. The van der Waals surface area contributed by atoms with Crippen LogP contribution in [0.2, 0.25) is 5.02 Å². The van der Waals surface area contributed by atoms with Gasteiger partial charge in [0.15, 0.2) is 0 Å². The van der Waals surface area contributed by atoms with Crippen molar-refractivity contribution in [3.8, 4) is 0 Å². The van der Waals surface area contributed by atoms with Crippen molar-refractivity contribution in [2.45, 2.75) is 77.7 Å². The molecule has 20 heavy (non-hydrogen) atoms. The molecule has 114 valence electrons. The molecule has 0 bridgehead atoms. The number of nitrogens with two attached hydrogens (primary N) is 1. The second-order valence-corrected chi connectivity index (χ2v) is 6.29. The van der Waals surface area contributed by atoms with Crippen molar-refractivity contribution in [1.82, 2.24) is 0 Å². The van der Waals surface area contributed by atoms with Gasteiger partial charge < -0.3 is 5.73 Å². The predicted octanol–water partition coefficient (Wildman–Crippen LogP) is 6.18. The maximum absolute atomic E-state index is 6.25. The number of benzene rings is 1. The minimum atomic E-state index is 0.158. The average molecular weight is 296 g/mol. The van der Waals surface area contributed by atoms with Gasteiger partial charge in [0, 0.05) is 11.1 Å². The van der Waals surface area contributed by atoms with Crippen molar-refractivity contribution in [2.24, 2.45) is 5.73 Å². The Balaban J connectivity index is 2.13. The number of hydrogen-bond acceptors (Lipinski definition) is 1. The van der Waals surface area contributed by atoms with Gasteiger partial charge in [-0.05, 0) is 30.5 Å². The van der Waals surface area contributed by atoms with Gasteiger partial charge in [0.2, 0.25) is 0 Å². The van der Waals surface area contributed by atoms with Crippen molar-refractivity contribution < 1.29 is 0 Å². The molecule has 0 saturated heterocycles. The van der Waals surface area contributed by atoms with Crippen molar-refractivity contribution in [3.05, 3.63) is 34.3 Å². The summed E-state index contributed by atoms with van der Waals surface area (Å²) in [5, 5.41) is 0.827. The molecule has 1 nitrogen and oxygen atoms in total. The predicted molar refractivity (Wildman–Crippen MR) is 90.3 cm³/mol. The van der Waals surface area contributed by atoms with E-state index in [1.807, 2.05) is 13.0 Å². The maximum Gasteiger partial charge on any atom is 0.0435 e. The molecule has 0 heterocycles. The summed E-state index contributed by atoms with van der Waals surface area (Å²) in [5.74, 6) is 0. The first kappa shape index (κ1) is 17.5. The van der Waals surface area contributed by atoms with Gasteiger partial charge in [-0.1, -0.05) is 82.0 Å². The van der Waals surface area contributed by atoms with Crippen LogP contribution in [0.15, 0.2) is 18.2 Å². The molecule has 2 heteroatoms. The summed E-state index contributed by atoms with van der Waals surface area (Å²) in [5.41, 5.74) is 8.59. The van der Waals surface area contributed by atoms with Crippen LogP contribution in [0.5, 0.6) is 0 Å². The second kappa shape index (κ2) is 10.2. The van der Waals surface area contributed by atoms with Crippen molar-refractivity contribution in [3.63, 3.8) is 0 Å². The molecule has 2 N–H and O–H groups in total. The zero-order chi connectivity index (χ0) is 14.8. The van der Waals surface area contributed by atoms with E-state index in [9.17, 15) is 0 Å². The molecule has 0 aliphatic heterocycles. The Kier molecular flexibility index (Phi) is 8.97. The lowest BCUT2D eigenvalue weighted by atomic mass is 9.99. The fourth-order valence-electron chi connectivity index (χ4n) is 2.56. The number of aryl methyl sites for hydroxylation is 1. The van der Waals surface area contributed by atoms with Gasteiger partial charge >= 0.3 is 0 Å². The van der Waals surface area contributed by atoms with Crippen LogP contribution in [-0.2, 0) is 0 Å².